The van der Waals surface area contributed by atoms with Gasteiger partial charge in [0.05, 0.1) is 29.2 Å². The van der Waals surface area contributed by atoms with Crippen molar-refractivity contribution in [1.29, 1.82) is 0 Å². The SMILES string of the molecule is CC(C)(C)OC(=O)N1CCc2ccc(Cl)cc2[C@@H]1c1csc(C(=O)c2cncnc2N[C@@H]2C[C@H](COS(N)(=O)=O)[C@@H](O)C2)c1. The molecule has 5 rings (SSSR count). The molecule has 0 saturated heterocycles. The van der Waals surface area contributed by atoms with E-state index in [-0.39, 0.29) is 29.8 Å². The molecule has 1 aromatic carbocycles. The predicted octanol–water partition coefficient (Wildman–Crippen LogP) is 4.08. The Bertz CT molecular complexity index is 1660. The highest BCUT2D eigenvalue weighted by atomic mass is 35.5. The second-order valence-electron chi connectivity index (χ2n) is 11.9. The summed E-state index contributed by atoms with van der Waals surface area (Å²) in [5, 5.41) is 20.9. The van der Waals surface area contributed by atoms with Crippen LogP contribution in [0.25, 0.3) is 0 Å². The molecule has 1 aliphatic heterocycles. The molecule has 0 radical (unpaired) electrons. The molecule has 0 unspecified atom stereocenters. The van der Waals surface area contributed by atoms with Crippen molar-refractivity contribution in [2.24, 2.45) is 11.1 Å². The number of carbonyl (C=O) groups is 2. The van der Waals surface area contributed by atoms with Crippen LogP contribution in [0.15, 0.2) is 42.2 Å². The number of carbonyl (C=O) groups excluding carboxylic acids is 2. The molecule has 4 N–H and O–H groups in total. The quantitative estimate of drug-likeness (QED) is 0.298. The second-order valence-corrected chi connectivity index (χ2v) is 14.5. The van der Waals surface area contributed by atoms with Crippen molar-refractivity contribution in [2.75, 3.05) is 18.5 Å². The van der Waals surface area contributed by atoms with E-state index < -0.39 is 40.1 Å². The maximum atomic E-state index is 13.8. The third-order valence-electron chi connectivity index (χ3n) is 7.53. The summed E-state index contributed by atoms with van der Waals surface area (Å²) in [6.45, 7) is 5.63. The van der Waals surface area contributed by atoms with Crippen molar-refractivity contribution in [3.8, 4) is 0 Å². The van der Waals surface area contributed by atoms with Gasteiger partial charge in [-0.3, -0.25) is 13.9 Å². The van der Waals surface area contributed by atoms with Crippen LogP contribution in [0.4, 0.5) is 10.6 Å². The smallest absolute Gasteiger partial charge is 0.411 e. The number of ether oxygens (including phenoxy) is 1. The lowest BCUT2D eigenvalue weighted by Crippen LogP contribution is -2.43. The van der Waals surface area contributed by atoms with E-state index in [1.165, 1.54) is 23.9 Å². The lowest BCUT2D eigenvalue weighted by Gasteiger charge is -2.38. The van der Waals surface area contributed by atoms with Crippen LogP contribution in [0, 0.1) is 5.92 Å². The Morgan fingerprint density at radius 2 is 2.02 bits per heavy atom. The molecular weight excluding hydrogens is 630 g/mol. The number of anilines is 1. The second kappa shape index (κ2) is 12.7. The van der Waals surface area contributed by atoms with Gasteiger partial charge in [-0.25, -0.2) is 19.9 Å². The normalized spacial score (nSPS) is 22.0. The third kappa shape index (κ3) is 7.56. The standard InChI is InChI=1S/C29H34ClN5O7S2/c1-29(2,3)42-28(38)35-7-6-16-4-5-19(30)10-21(16)25(35)18-9-24(43-14-18)26(37)22-12-32-15-33-27(22)34-20-8-17(23(36)11-20)13-41-44(31,39)40/h4-5,9-10,12,14-15,17,20,23,25,36H,6-8,11,13H2,1-3H3,(H2,31,39,40)(H,32,33,34)/t17-,20-,23+,25+/m1/s1. The van der Waals surface area contributed by atoms with Crippen LogP contribution in [-0.4, -0.2) is 71.2 Å². The number of aliphatic hydroxyl groups excluding tert-OH is 1. The summed E-state index contributed by atoms with van der Waals surface area (Å²) < 4.78 is 32.8. The molecule has 1 saturated carbocycles. The fourth-order valence-electron chi connectivity index (χ4n) is 5.59. The monoisotopic (exact) mass is 663 g/mol. The number of thiophene rings is 1. The number of hydrogen-bond acceptors (Lipinski definition) is 11. The lowest BCUT2D eigenvalue weighted by atomic mass is 9.89. The number of ketones is 1. The minimum absolute atomic E-state index is 0.232. The van der Waals surface area contributed by atoms with E-state index in [1.807, 2.05) is 44.4 Å². The van der Waals surface area contributed by atoms with Crippen LogP contribution in [0.5, 0.6) is 0 Å². The number of aliphatic hydroxyl groups is 1. The molecule has 4 atom stereocenters. The Morgan fingerprint density at radius 3 is 2.75 bits per heavy atom. The van der Waals surface area contributed by atoms with Crippen molar-refractivity contribution in [2.45, 2.75) is 63.8 Å². The summed E-state index contributed by atoms with van der Waals surface area (Å²) in [5.41, 5.74) is 2.23. The Labute approximate surface area is 264 Å². The van der Waals surface area contributed by atoms with Gasteiger partial charge < -0.3 is 15.2 Å². The van der Waals surface area contributed by atoms with Gasteiger partial charge >= 0.3 is 16.4 Å². The van der Waals surface area contributed by atoms with E-state index in [1.54, 1.807) is 11.0 Å². The number of halogens is 1. The first-order chi connectivity index (χ1) is 20.7. The van der Waals surface area contributed by atoms with Gasteiger partial charge in [-0.2, -0.15) is 8.42 Å². The summed E-state index contributed by atoms with van der Waals surface area (Å²) in [6, 6.07) is 6.59. The fraction of sp³-hybridized carbons (Fsp3) is 0.448. The van der Waals surface area contributed by atoms with Crippen molar-refractivity contribution < 1.29 is 32.0 Å². The summed E-state index contributed by atoms with van der Waals surface area (Å²) >= 11 is 7.62. The number of benzene rings is 1. The molecule has 2 aliphatic rings. The van der Waals surface area contributed by atoms with Gasteiger partial charge in [0, 0.05) is 29.7 Å². The molecule has 0 spiro atoms. The van der Waals surface area contributed by atoms with Gasteiger partial charge in [-0.15, -0.1) is 11.3 Å². The Morgan fingerprint density at radius 1 is 1.25 bits per heavy atom. The van der Waals surface area contributed by atoms with Gasteiger partial charge in [-0.05, 0) is 80.3 Å². The highest BCUT2D eigenvalue weighted by Gasteiger charge is 2.37. The first-order valence-electron chi connectivity index (χ1n) is 14.0. The first-order valence-corrected chi connectivity index (χ1v) is 16.7. The molecule has 1 aliphatic carbocycles. The van der Waals surface area contributed by atoms with E-state index in [9.17, 15) is 23.1 Å². The number of fused-ring (bicyclic) bond motifs is 1. The zero-order valence-electron chi connectivity index (χ0n) is 24.4. The Hall–Kier alpha value is -3.14. The van der Waals surface area contributed by atoms with Crippen LogP contribution < -0.4 is 10.5 Å². The summed E-state index contributed by atoms with van der Waals surface area (Å²) in [7, 11) is -4.13. The molecule has 2 aromatic heterocycles. The van der Waals surface area contributed by atoms with Crippen LogP contribution >= 0.6 is 22.9 Å². The minimum atomic E-state index is -4.13. The summed E-state index contributed by atoms with van der Waals surface area (Å²) in [6.07, 6.45) is 2.77. The molecule has 44 heavy (non-hydrogen) atoms. The number of nitrogens with one attached hydrogen (secondary N) is 1. The molecule has 12 nitrogen and oxygen atoms in total. The third-order valence-corrected chi connectivity index (χ3v) is 9.17. The van der Waals surface area contributed by atoms with Gasteiger partial charge in [0.15, 0.2) is 0 Å². The van der Waals surface area contributed by atoms with Crippen LogP contribution in [0.2, 0.25) is 5.02 Å². The Kier molecular flexibility index (Phi) is 9.31. The van der Waals surface area contributed by atoms with Gasteiger partial charge in [-0.1, -0.05) is 17.7 Å². The maximum absolute atomic E-state index is 13.8. The molecule has 1 amide bonds. The predicted molar refractivity (Wildman–Crippen MR) is 165 cm³/mol. The van der Waals surface area contributed by atoms with Crippen molar-refractivity contribution in [3.05, 3.63) is 74.3 Å². The molecule has 3 heterocycles. The fourth-order valence-corrected chi connectivity index (χ4v) is 7.02. The van der Waals surface area contributed by atoms with E-state index in [0.717, 1.165) is 16.7 Å². The number of nitrogens with two attached hydrogens (primary N) is 1. The average molecular weight is 664 g/mol. The number of rotatable bonds is 8. The minimum Gasteiger partial charge on any atom is -0.444 e. The lowest BCUT2D eigenvalue weighted by molar-refractivity contribution is 0.0178. The molecule has 3 aromatic rings. The van der Waals surface area contributed by atoms with Crippen LogP contribution in [-0.2, 0) is 25.6 Å². The highest BCUT2D eigenvalue weighted by molar-refractivity contribution is 7.84. The number of hydrogen-bond donors (Lipinski definition) is 3. The molecule has 236 valence electrons. The molecular formula is C29H34ClN5O7S2. The molecule has 15 heteroatoms. The zero-order chi connectivity index (χ0) is 31.8. The Balaban J connectivity index is 1.39. The van der Waals surface area contributed by atoms with E-state index in [2.05, 4.69) is 19.5 Å². The first kappa shape index (κ1) is 32.3. The number of aromatic nitrogens is 2. The van der Waals surface area contributed by atoms with E-state index in [4.69, 9.17) is 21.5 Å². The largest absolute Gasteiger partial charge is 0.444 e. The van der Waals surface area contributed by atoms with E-state index >= 15 is 0 Å². The van der Waals surface area contributed by atoms with Gasteiger partial charge in [0.25, 0.3) is 0 Å². The average Bonchev–Trinajstić information content (AvgIpc) is 3.56. The van der Waals surface area contributed by atoms with Gasteiger partial charge in [0.1, 0.15) is 17.7 Å². The summed E-state index contributed by atoms with van der Waals surface area (Å²) in [4.78, 5) is 37.5. The van der Waals surface area contributed by atoms with Crippen molar-refractivity contribution in [3.63, 3.8) is 0 Å². The summed E-state index contributed by atoms with van der Waals surface area (Å²) in [5.74, 6) is -0.496. The van der Waals surface area contributed by atoms with Crippen molar-refractivity contribution in [1.82, 2.24) is 14.9 Å². The van der Waals surface area contributed by atoms with Crippen LogP contribution in [0.3, 0.4) is 0 Å². The van der Waals surface area contributed by atoms with Crippen molar-refractivity contribution >= 4 is 50.9 Å². The highest BCUT2D eigenvalue weighted by Crippen LogP contribution is 2.40. The topological polar surface area (TPSA) is 174 Å². The molecule has 1 fully saturated rings. The number of amides is 1. The maximum Gasteiger partial charge on any atom is 0.411 e. The van der Waals surface area contributed by atoms with E-state index in [0.29, 0.717) is 35.7 Å². The number of nitrogens with zero attached hydrogens (tertiary/aromatic N) is 3. The van der Waals surface area contributed by atoms with Crippen LogP contribution in [0.1, 0.15) is 71.6 Å². The zero-order valence-corrected chi connectivity index (χ0v) is 26.8. The molecule has 0 bridgehead atoms. The van der Waals surface area contributed by atoms with Gasteiger partial charge in [0.2, 0.25) is 5.78 Å².